The van der Waals surface area contributed by atoms with Crippen molar-refractivity contribution in [2.45, 2.75) is 111 Å². The van der Waals surface area contributed by atoms with Gasteiger partial charge in [0, 0.05) is 24.9 Å². The Morgan fingerprint density at radius 3 is 2.45 bits per heavy atom. The maximum absolute atomic E-state index is 13.0. The molecule has 242 valence electrons. The van der Waals surface area contributed by atoms with Crippen LogP contribution in [0.3, 0.4) is 0 Å². The molecular weight excluding hydrogens is 552 g/mol. The summed E-state index contributed by atoms with van der Waals surface area (Å²) in [6.07, 6.45) is -3.46. The van der Waals surface area contributed by atoms with Crippen LogP contribution < -0.4 is 33.6 Å². The highest BCUT2D eigenvalue weighted by Crippen LogP contribution is 2.41. The average molecular weight is 603 g/mol. The highest BCUT2D eigenvalue weighted by Gasteiger charge is 2.58. The molecule has 2 heterocycles. The van der Waals surface area contributed by atoms with E-state index in [1.807, 2.05) is 6.08 Å². The highest BCUT2D eigenvalue weighted by atomic mass is 16.7. The molecule has 2 aliphatic heterocycles. The molecule has 0 bridgehead atoms. The van der Waals surface area contributed by atoms with Gasteiger partial charge >= 0.3 is 0 Å². The number of ketones is 1. The topological polar surface area (TPSA) is 263 Å². The Kier molecular flexibility index (Phi) is 11.0. The first-order valence-corrected chi connectivity index (χ1v) is 14.8. The van der Waals surface area contributed by atoms with Crippen molar-refractivity contribution in [2.24, 2.45) is 28.9 Å². The zero-order chi connectivity index (χ0) is 30.8. The SMILES string of the molecule is CN[C@@H]1[C@@H](O)[C@@H](O[C@H]2[C@H](CC(=O)C3(O)CC3N)C[C@H](N)C(O[C@H]3OC(CN)=CC[C@H]3NCCCN)[C@@H]2O)OC[C@]1(C)O. The van der Waals surface area contributed by atoms with Crippen LogP contribution in [0.1, 0.15) is 39.0 Å². The molecule has 4 aliphatic rings. The van der Waals surface area contributed by atoms with Gasteiger partial charge in [-0.1, -0.05) is 0 Å². The first-order valence-electron chi connectivity index (χ1n) is 14.8. The third kappa shape index (κ3) is 7.15. The van der Waals surface area contributed by atoms with Crippen LogP contribution in [0.4, 0.5) is 0 Å². The fraction of sp³-hybridized carbons (Fsp3) is 0.889. The predicted octanol–water partition coefficient (Wildman–Crippen LogP) is -4.16. The molecule has 0 amide bonds. The molecule has 0 aromatic rings. The van der Waals surface area contributed by atoms with Crippen molar-refractivity contribution in [2.75, 3.05) is 33.3 Å². The van der Waals surface area contributed by atoms with E-state index in [0.717, 1.165) is 6.42 Å². The quantitative estimate of drug-likeness (QED) is 0.0897. The maximum atomic E-state index is 13.0. The molecule has 0 radical (unpaired) electrons. The van der Waals surface area contributed by atoms with Gasteiger partial charge in [0.1, 0.15) is 35.3 Å². The summed E-state index contributed by atoms with van der Waals surface area (Å²) in [5.74, 6) is -0.577. The highest BCUT2D eigenvalue weighted by molar-refractivity contribution is 5.91. The van der Waals surface area contributed by atoms with E-state index in [1.54, 1.807) is 7.05 Å². The number of hydrogen-bond acceptors (Lipinski definition) is 15. The monoisotopic (exact) mass is 602 g/mol. The molecule has 3 fully saturated rings. The number of aliphatic hydroxyl groups is 4. The van der Waals surface area contributed by atoms with Crippen molar-refractivity contribution < 1.29 is 44.2 Å². The number of aliphatic hydroxyl groups excluding tert-OH is 2. The normalized spacial score (nSPS) is 45.7. The molecule has 0 aromatic heterocycles. The van der Waals surface area contributed by atoms with E-state index in [-0.39, 0.29) is 38.5 Å². The number of nitrogens with one attached hydrogen (secondary N) is 2. The van der Waals surface area contributed by atoms with Crippen LogP contribution in [0.15, 0.2) is 11.8 Å². The van der Waals surface area contributed by atoms with E-state index < -0.39 is 78.0 Å². The van der Waals surface area contributed by atoms with Crippen molar-refractivity contribution in [1.82, 2.24) is 10.6 Å². The van der Waals surface area contributed by atoms with Gasteiger partial charge in [-0.05, 0) is 58.3 Å². The van der Waals surface area contributed by atoms with E-state index in [4.69, 9.17) is 41.9 Å². The molecule has 2 saturated carbocycles. The zero-order valence-electron chi connectivity index (χ0n) is 24.4. The average Bonchev–Trinajstić information content (AvgIpc) is 3.57. The summed E-state index contributed by atoms with van der Waals surface area (Å²) in [6.45, 7) is 2.69. The minimum absolute atomic E-state index is 0.152. The van der Waals surface area contributed by atoms with Gasteiger partial charge in [0.2, 0.25) is 6.29 Å². The van der Waals surface area contributed by atoms with Crippen molar-refractivity contribution in [1.29, 1.82) is 0 Å². The minimum Gasteiger partial charge on any atom is -0.467 e. The van der Waals surface area contributed by atoms with Gasteiger partial charge in [-0.3, -0.25) is 4.79 Å². The van der Waals surface area contributed by atoms with Crippen LogP contribution in [0.2, 0.25) is 0 Å². The van der Waals surface area contributed by atoms with E-state index in [1.165, 1.54) is 6.92 Å². The summed E-state index contributed by atoms with van der Waals surface area (Å²) in [4.78, 5) is 13.0. The molecule has 0 spiro atoms. The Bertz CT molecular complexity index is 959. The van der Waals surface area contributed by atoms with Crippen molar-refractivity contribution >= 4 is 5.78 Å². The van der Waals surface area contributed by atoms with Gasteiger partial charge in [-0.2, -0.15) is 0 Å². The lowest BCUT2D eigenvalue weighted by Crippen LogP contribution is -2.67. The second-order valence-electron chi connectivity index (χ2n) is 12.3. The number of Topliss-reactive ketones (excluding diaryl/α,β-unsaturated/α-hetero) is 1. The second kappa shape index (κ2) is 13.8. The number of carbonyl (C=O) groups excluding carboxylic acids is 1. The summed E-state index contributed by atoms with van der Waals surface area (Å²) in [7, 11) is 1.59. The molecule has 1 saturated heterocycles. The summed E-state index contributed by atoms with van der Waals surface area (Å²) in [5.41, 5.74) is 20.8. The molecule has 42 heavy (non-hydrogen) atoms. The fourth-order valence-corrected chi connectivity index (χ4v) is 6.27. The van der Waals surface area contributed by atoms with E-state index in [2.05, 4.69) is 10.6 Å². The molecule has 15 nitrogen and oxygen atoms in total. The minimum atomic E-state index is -1.62. The molecular formula is C27H50N6O9. The lowest BCUT2D eigenvalue weighted by atomic mass is 9.76. The standard InChI is InChI=1S/C27H50N6O9/c1-26(37)12-39-25(20(36)23(26)32-2)41-21-13(9-18(34)27(38)10-17(27)31)8-15(30)22(19(21)35)42-24-16(33-7-3-6-28)5-4-14(11-29)40-24/h4,13,15-17,19-25,32-33,35-38H,3,5-12,28-31H2,1-2H3/t13-,15-,16+,17?,19+,20+,21-,22?,23+,24+,25+,26-,27?/m0/s1. The number of nitrogens with two attached hydrogens (primary N) is 4. The lowest BCUT2D eigenvalue weighted by molar-refractivity contribution is -0.308. The Balaban J connectivity index is 1.55. The summed E-state index contributed by atoms with van der Waals surface area (Å²) in [6, 6.07) is -2.45. The van der Waals surface area contributed by atoms with Crippen LogP contribution in [0.25, 0.3) is 0 Å². The van der Waals surface area contributed by atoms with Crippen LogP contribution in [0, 0.1) is 5.92 Å². The lowest BCUT2D eigenvalue weighted by Gasteiger charge is -2.49. The predicted molar refractivity (Wildman–Crippen MR) is 150 cm³/mol. The smallest absolute Gasteiger partial charge is 0.215 e. The zero-order valence-corrected chi connectivity index (χ0v) is 24.4. The summed E-state index contributed by atoms with van der Waals surface area (Å²) >= 11 is 0. The van der Waals surface area contributed by atoms with E-state index >= 15 is 0 Å². The fourth-order valence-electron chi connectivity index (χ4n) is 6.27. The van der Waals surface area contributed by atoms with Crippen molar-refractivity contribution in [3.05, 3.63) is 11.8 Å². The van der Waals surface area contributed by atoms with Crippen molar-refractivity contribution in [3.63, 3.8) is 0 Å². The van der Waals surface area contributed by atoms with Gasteiger partial charge in [-0.15, -0.1) is 0 Å². The van der Waals surface area contributed by atoms with Gasteiger partial charge in [0.05, 0.1) is 31.3 Å². The third-order valence-electron chi connectivity index (χ3n) is 8.96. The largest absolute Gasteiger partial charge is 0.467 e. The number of ether oxygens (including phenoxy) is 4. The first kappa shape index (κ1) is 33.6. The molecule has 4 rings (SSSR count). The number of rotatable bonds is 13. The third-order valence-corrected chi connectivity index (χ3v) is 8.96. The van der Waals surface area contributed by atoms with Gasteiger partial charge in [0.25, 0.3) is 0 Å². The molecule has 14 N–H and O–H groups in total. The Hall–Kier alpha value is -1.31. The molecule has 3 unspecified atom stereocenters. The molecule has 0 aromatic carbocycles. The van der Waals surface area contributed by atoms with E-state index in [0.29, 0.717) is 25.3 Å². The summed E-state index contributed by atoms with van der Waals surface area (Å²) in [5, 5.41) is 50.2. The maximum Gasteiger partial charge on any atom is 0.215 e. The number of carbonyl (C=O) groups is 1. The number of hydrogen-bond donors (Lipinski definition) is 10. The van der Waals surface area contributed by atoms with Crippen LogP contribution in [0.5, 0.6) is 0 Å². The Labute approximate surface area is 246 Å². The van der Waals surface area contributed by atoms with Crippen molar-refractivity contribution in [3.8, 4) is 0 Å². The first-order chi connectivity index (χ1) is 19.9. The molecule has 13 atom stereocenters. The van der Waals surface area contributed by atoms with Crippen LogP contribution >= 0.6 is 0 Å². The Morgan fingerprint density at radius 2 is 1.83 bits per heavy atom. The van der Waals surface area contributed by atoms with Crippen LogP contribution in [-0.2, 0) is 23.7 Å². The number of likely N-dealkylation sites (N-methyl/N-ethyl adjacent to an activating group) is 1. The van der Waals surface area contributed by atoms with Gasteiger partial charge in [-0.25, -0.2) is 0 Å². The second-order valence-corrected chi connectivity index (χ2v) is 12.3. The molecule has 15 heteroatoms. The summed E-state index contributed by atoms with van der Waals surface area (Å²) < 4.78 is 24.2. The van der Waals surface area contributed by atoms with Gasteiger partial charge in [0.15, 0.2) is 12.1 Å². The van der Waals surface area contributed by atoms with E-state index in [9.17, 15) is 25.2 Å². The van der Waals surface area contributed by atoms with Crippen LogP contribution in [-0.4, -0.2) is 132 Å². The Morgan fingerprint density at radius 1 is 1.14 bits per heavy atom. The van der Waals surface area contributed by atoms with Gasteiger partial charge < -0.3 is 72.9 Å². The molecule has 2 aliphatic carbocycles.